The Kier molecular flexibility index (Phi) is 8.26. The van der Waals surface area contributed by atoms with Crippen LogP contribution in [0.15, 0.2) is 67.1 Å². The third-order valence-corrected chi connectivity index (χ3v) is 6.39. The number of alkyl halides is 3. The zero-order valence-electron chi connectivity index (χ0n) is 22.9. The largest absolute Gasteiger partial charge is 0.493 e. The molecule has 2 aromatic carbocycles. The van der Waals surface area contributed by atoms with E-state index in [9.17, 15) is 18.0 Å². The first-order valence-corrected chi connectivity index (χ1v) is 13.0. The van der Waals surface area contributed by atoms with Gasteiger partial charge in [0.25, 0.3) is 5.91 Å². The average molecular weight is 614 g/mol. The van der Waals surface area contributed by atoms with Crippen molar-refractivity contribution in [3.05, 3.63) is 83.4 Å². The maximum absolute atomic E-state index is 13.8. The number of aromatic nitrogens is 4. The monoisotopic (exact) mass is 613 g/mol. The van der Waals surface area contributed by atoms with Crippen molar-refractivity contribution in [2.24, 2.45) is 0 Å². The van der Waals surface area contributed by atoms with Gasteiger partial charge in [0.2, 0.25) is 0 Å². The second-order valence-corrected chi connectivity index (χ2v) is 9.27. The van der Waals surface area contributed by atoms with Gasteiger partial charge in [-0.3, -0.25) is 9.78 Å². The lowest BCUT2D eigenvalue weighted by molar-refractivity contribution is -0.137. The summed E-state index contributed by atoms with van der Waals surface area (Å²) in [6, 6.07) is 11.3. The van der Waals surface area contributed by atoms with E-state index in [1.807, 2.05) is 0 Å². The molecule has 0 fully saturated rings. The Morgan fingerprint density at radius 3 is 2.40 bits per heavy atom. The zero-order valence-corrected chi connectivity index (χ0v) is 23.7. The molecule has 0 aliphatic carbocycles. The van der Waals surface area contributed by atoms with Crippen LogP contribution in [0.4, 0.5) is 19.0 Å². The van der Waals surface area contributed by atoms with Gasteiger partial charge in [0.05, 0.1) is 50.0 Å². The molecule has 0 atom stereocenters. The van der Waals surface area contributed by atoms with Gasteiger partial charge in [-0.2, -0.15) is 18.3 Å². The molecule has 0 unspecified atom stereocenters. The number of carbonyl (C=O) groups is 1. The molecular weight excluding hydrogens is 591 g/mol. The number of hydrogen-bond donors (Lipinski definition) is 1. The molecule has 5 rings (SSSR count). The van der Waals surface area contributed by atoms with Crippen LogP contribution in [-0.2, 0) is 6.18 Å². The maximum atomic E-state index is 13.8. The number of amides is 1. The summed E-state index contributed by atoms with van der Waals surface area (Å²) in [5, 5.41) is 7.12. The summed E-state index contributed by atoms with van der Waals surface area (Å²) in [4.78, 5) is 21.9. The highest BCUT2D eigenvalue weighted by atomic mass is 35.5. The van der Waals surface area contributed by atoms with Crippen molar-refractivity contribution in [1.82, 2.24) is 19.7 Å². The Labute approximate surface area is 247 Å². The van der Waals surface area contributed by atoms with Crippen LogP contribution in [0, 0.1) is 0 Å². The Morgan fingerprint density at radius 1 is 0.953 bits per heavy atom. The van der Waals surface area contributed by atoms with E-state index in [4.69, 9.17) is 30.5 Å². The Bertz CT molecular complexity index is 1790. The number of carbonyl (C=O) groups excluding carboxylic acids is 1. The lowest BCUT2D eigenvalue weighted by Gasteiger charge is -2.16. The molecule has 1 amide bonds. The molecule has 3 aromatic heterocycles. The normalized spacial score (nSPS) is 11.3. The lowest BCUT2D eigenvalue weighted by atomic mass is 10.1. The summed E-state index contributed by atoms with van der Waals surface area (Å²) in [6.07, 6.45) is -0.637. The highest BCUT2D eigenvalue weighted by Gasteiger charge is 2.36. The smallest absolute Gasteiger partial charge is 0.418 e. The second-order valence-electron chi connectivity index (χ2n) is 8.83. The molecule has 3 heterocycles. The van der Waals surface area contributed by atoms with Gasteiger partial charge in [-0.1, -0.05) is 11.6 Å². The molecular formula is C29H23ClF3N5O5. The fourth-order valence-electron chi connectivity index (χ4n) is 4.26. The number of hydrogen-bond acceptors (Lipinski definition) is 8. The summed E-state index contributed by atoms with van der Waals surface area (Å²) in [5.41, 5.74) is -1.12. The number of rotatable bonds is 9. The zero-order chi connectivity index (χ0) is 30.7. The minimum absolute atomic E-state index is 0.0142. The third kappa shape index (κ3) is 6.11. The van der Waals surface area contributed by atoms with E-state index in [1.54, 1.807) is 37.4 Å². The van der Waals surface area contributed by atoms with Crippen molar-refractivity contribution < 1.29 is 36.9 Å². The van der Waals surface area contributed by atoms with Crippen molar-refractivity contribution in [3.63, 3.8) is 0 Å². The minimum Gasteiger partial charge on any atom is -0.493 e. The van der Waals surface area contributed by atoms with Gasteiger partial charge < -0.3 is 24.3 Å². The van der Waals surface area contributed by atoms with Crippen LogP contribution >= 0.6 is 11.6 Å². The molecule has 0 saturated carbocycles. The van der Waals surface area contributed by atoms with Crippen LogP contribution in [-0.4, -0.2) is 46.5 Å². The van der Waals surface area contributed by atoms with Crippen LogP contribution in [0.2, 0.25) is 5.02 Å². The minimum atomic E-state index is -4.76. The summed E-state index contributed by atoms with van der Waals surface area (Å²) in [6.45, 7) is 1.81. The van der Waals surface area contributed by atoms with Crippen LogP contribution in [0.1, 0.15) is 23.0 Å². The Morgan fingerprint density at radius 2 is 1.72 bits per heavy atom. The van der Waals surface area contributed by atoms with E-state index in [1.165, 1.54) is 38.7 Å². The summed E-state index contributed by atoms with van der Waals surface area (Å²) >= 11 is 5.83. The highest BCUT2D eigenvalue weighted by molar-refractivity contribution is 6.30. The number of ether oxygens (including phenoxy) is 4. The lowest BCUT2D eigenvalue weighted by Crippen LogP contribution is -2.20. The van der Waals surface area contributed by atoms with Crippen molar-refractivity contribution in [1.29, 1.82) is 0 Å². The first-order chi connectivity index (χ1) is 20.6. The average Bonchev–Trinajstić information content (AvgIpc) is 3.41. The fourth-order valence-corrected chi connectivity index (χ4v) is 4.43. The van der Waals surface area contributed by atoms with Gasteiger partial charge >= 0.3 is 6.18 Å². The number of benzene rings is 2. The standard InChI is InChI=1S/C29H23ClF3N5O5/c1-4-42-25-15-36-38(21-7-5-16(30)11-19(21)29(31,32)33)27(25)28(39)37-26-8-6-17(14-35-26)43-22-9-10-34-20-13-24(41-3)23(40-2)12-18(20)22/h5-15H,4H2,1-3H3,(H,35,37,39). The van der Waals surface area contributed by atoms with Gasteiger partial charge in [0, 0.05) is 22.7 Å². The molecule has 0 radical (unpaired) electrons. The molecule has 14 heteroatoms. The molecule has 43 heavy (non-hydrogen) atoms. The first kappa shape index (κ1) is 29.5. The number of pyridine rings is 2. The van der Waals surface area contributed by atoms with Crippen LogP contribution < -0.4 is 24.3 Å². The SMILES string of the molecule is CCOc1cnn(-c2ccc(Cl)cc2C(F)(F)F)c1C(=O)Nc1ccc(Oc2ccnc3cc(OC)c(OC)cc23)cn1. The molecule has 5 aromatic rings. The quantitative estimate of drug-likeness (QED) is 0.190. The van der Waals surface area contributed by atoms with Crippen molar-refractivity contribution in [2.45, 2.75) is 13.1 Å². The van der Waals surface area contributed by atoms with E-state index >= 15 is 0 Å². The second kappa shape index (κ2) is 12.1. The van der Waals surface area contributed by atoms with Gasteiger partial charge in [0.15, 0.2) is 22.9 Å². The van der Waals surface area contributed by atoms with E-state index < -0.39 is 23.3 Å². The van der Waals surface area contributed by atoms with Crippen molar-refractivity contribution >= 4 is 34.2 Å². The predicted octanol–water partition coefficient (Wildman–Crippen LogP) is 6.95. The maximum Gasteiger partial charge on any atom is 0.418 e. The fraction of sp³-hybridized carbons (Fsp3) is 0.172. The summed E-state index contributed by atoms with van der Waals surface area (Å²) in [7, 11) is 3.05. The third-order valence-electron chi connectivity index (χ3n) is 6.16. The summed E-state index contributed by atoms with van der Waals surface area (Å²) in [5.74, 6) is 1.11. The molecule has 10 nitrogen and oxygen atoms in total. The molecule has 0 bridgehead atoms. The van der Waals surface area contributed by atoms with E-state index in [0.29, 0.717) is 33.9 Å². The van der Waals surface area contributed by atoms with Crippen LogP contribution in [0.5, 0.6) is 28.7 Å². The number of halogens is 4. The van der Waals surface area contributed by atoms with Gasteiger partial charge in [0.1, 0.15) is 17.3 Å². The van der Waals surface area contributed by atoms with E-state index in [0.717, 1.165) is 16.8 Å². The van der Waals surface area contributed by atoms with Gasteiger partial charge in [-0.15, -0.1) is 0 Å². The van der Waals surface area contributed by atoms with Crippen LogP contribution in [0.3, 0.4) is 0 Å². The first-order valence-electron chi connectivity index (χ1n) is 12.7. The van der Waals surface area contributed by atoms with Gasteiger partial charge in [-0.25, -0.2) is 9.67 Å². The van der Waals surface area contributed by atoms with Crippen molar-refractivity contribution in [2.75, 3.05) is 26.1 Å². The Balaban J connectivity index is 1.42. The Hall–Kier alpha value is -5.04. The van der Waals surface area contributed by atoms with Crippen molar-refractivity contribution in [3.8, 4) is 34.4 Å². The van der Waals surface area contributed by atoms with Gasteiger partial charge in [-0.05, 0) is 49.4 Å². The molecule has 0 aliphatic heterocycles. The number of fused-ring (bicyclic) bond motifs is 1. The van der Waals surface area contributed by atoms with E-state index in [2.05, 4.69) is 20.4 Å². The topological polar surface area (TPSA) is 110 Å². The molecule has 0 aliphatic rings. The molecule has 1 N–H and O–H groups in total. The predicted molar refractivity (Wildman–Crippen MR) is 152 cm³/mol. The number of anilines is 1. The van der Waals surface area contributed by atoms with E-state index in [-0.39, 0.29) is 28.9 Å². The number of nitrogens with zero attached hydrogens (tertiary/aromatic N) is 4. The molecule has 0 spiro atoms. The summed E-state index contributed by atoms with van der Waals surface area (Å²) < 4.78 is 64.6. The number of nitrogens with one attached hydrogen (secondary N) is 1. The number of methoxy groups -OCH3 is 2. The van der Waals surface area contributed by atoms with Crippen LogP contribution in [0.25, 0.3) is 16.6 Å². The highest BCUT2D eigenvalue weighted by Crippen LogP contribution is 2.38. The molecule has 222 valence electrons. The molecule has 0 saturated heterocycles.